The van der Waals surface area contributed by atoms with Crippen molar-refractivity contribution in [3.8, 4) is 0 Å². The molecule has 6 N–H and O–H groups in total. The summed E-state index contributed by atoms with van der Waals surface area (Å²) >= 11 is 0. The highest BCUT2D eigenvalue weighted by molar-refractivity contribution is 6.07. The van der Waals surface area contributed by atoms with Crippen molar-refractivity contribution in [3.63, 3.8) is 0 Å². The number of anilines is 1. The second kappa shape index (κ2) is 20.8. The molecular formula is C42H55ClN4O3. The van der Waals surface area contributed by atoms with Gasteiger partial charge in [0.1, 0.15) is 5.78 Å². The van der Waals surface area contributed by atoms with Crippen molar-refractivity contribution in [3.05, 3.63) is 113 Å². The molecule has 0 aliphatic heterocycles. The summed E-state index contributed by atoms with van der Waals surface area (Å²) in [4.78, 5) is 26.4. The molecule has 0 unspecified atom stereocenters. The van der Waals surface area contributed by atoms with Crippen LogP contribution in [0, 0.1) is 20.8 Å². The lowest BCUT2D eigenvalue weighted by molar-refractivity contribution is -0.134. The largest absolute Gasteiger partial charge is 0.481 e. The van der Waals surface area contributed by atoms with Gasteiger partial charge in [0.25, 0.3) is 5.97 Å². The lowest BCUT2D eigenvalue weighted by atomic mass is 9.95. The van der Waals surface area contributed by atoms with E-state index in [1.807, 2.05) is 31.2 Å². The highest BCUT2D eigenvalue weighted by Gasteiger charge is 2.14. The summed E-state index contributed by atoms with van der Waals surface area (Å²) in [5.41, 5.74) is 14.2. The second-order valence-electron chi connectivity index (χ2n) is 12.7. The molecule has 1 fully saturated rings. The highest BCUT2D eigenvalue weighted by Crippen LogP contribution is 2.29. The standard InChI is InChI=1S/C13H15N.C13H11N.C7H10N2.C6H10O.C2H4O2.CH4.ClH/c2*1-9-6-7-13-11(8-9)10-4-2-3-5-12(10)14-13;1-6-2-4-7(9-8)5-3-6;7-6-4-2-1-3-5-6;1-2(3)4;;/h6-8,14H,2-5H2,1H3;2-8,14H,1H3;2-5,9H,8H2,1H3;1-5H2;1H3,(H,3,4);1H4;1H. The molecule has 4 aromatic carbocycles. The maximum absolute atomic E-state index is 10.5. The number of hydrazine groups is 1. The van der Waals surface area contributed by atoms with Gasteiger partial charge in [-0.05, 0) is 107 Å². The molecule has 6 aromatic rings. The first-order valence-electron chi connectivity index (χ1n) is 17.0. The number of carboxylic acids is 1. The number of nitrogens with two attached hydrogens (primary N) is 1. The maximum atomic E-state index is 10.5. The minimum Gasteiger partial charge on any atom is -0.481 e. The fourth-order valence-electron chi connectivity index (χ4n) is 6.08. The number of aromatic nitrogens is 2. The van der Waals surface area contributed by atoms with Gasteiger partial charge in [0.15, 0.2) is 0 Å². The maximum Gasteiger partial charge on any atom is 0.300 e. The minimum atomic E-state index is -0.833. The molecule has 2 heterocycles. The zero-order valence-electron chi connectivity index (χ0n) is 29.2. The molecule has 8 heteroatoms. The van der Waals surface area contributed by atoms with E-state index < -0.39 is 5.97 Å². The first-order chi connectivity index (χ1) is 23.1. The van der Waals surface area contributed by atoms with E-state index in [9.17, 15) is 4.79 Å². The zero-order chi connectivity index (χ0) is 34.5. The number of aliphatic carboxylic acids is 1. The topological polar surface area (TPSA) is 124 Å². The van der Waals surface area contributed by atoms with Gasteiger partial charge in [0.05, 0.1) is 0 Å². The number of Topliss-reactive ketones (excluding diaryl/α,β-unsaturated/α-hetero) is 1. The second-order valence-corrected chi connectivity index (χ2v) is 12.7. The predicted octanol–water partition coefficient (Wildman–Crippen LogP) is 10.9. The molecule has 0 atom stereocenters. The fourth-order valence-corrected chi connectivity index (χ4v) is 6.08. The van der Waals surface area contributed by atoms with Crippen LogP contribution in [0.3, 0.4) is 0 Å². The van der Waals surface area contributed by atoms with E-state index in [1.54, 1.807) is 5.56 Å². The van der Waals surface area contributed by atoms with E-state index in [4.69, 9.17) is 15.7 Å². The summed E-state index contributed by atoms with van der Waals surface area (Å²) in [6.07, 6.45) is 10.4. The Bertz CT molecular complexity index is 1930. The average Bonchev–Trinajstić information content (AvgIpc) is 3.64. The highest BCUT2D eigenvalue weighted by atomic mass is 35.5. The number of rotatable bonds is 1. The number of ketones is 1. The Labute approximate surface area is 303 Å². The van der Waals surface area contributed by atoms with Crippen molar-refractivity contribution in [2.45, 2.75) is 92.9 Å². The van der Waals surface area contributed by atoms with Crippen molar-refractivity contribution >= 4 is 62.6 Å². The third-order valence-electron chi connectivity index (χ3n) is 8.54. The quantitative estimate of drug-likeness (QED) is 0.0863. The third-order valence-corrected chi connectivity index (χ3v) is 8.54. The number of nitrogens with one attached hydrogen (secondary N) is 3. The number of hydrogen-bond acceptors (Lipinski definition) is 4. The molecule has 2 aliphatic rings. The van der Waals surface area contributed by atoms with Crippen molar-refractivity contribution in [2.24, 2.45) is 5.84 Å². The predicted molar refractivity (Wildman–Crippen MR) is 215 cm³/mol. The molecule has 0 spiro atoms. The smallest absolute Gasteiger partial charge is 0.300 e. The van der Waals surface area contributed by atoms with Crippen LogP contribution in [-0.4, -0.2) is 26.8 Å². The number of aryl methyl sites for hydroxylation is 5. The molecule has 8 rings (SSSR count). The van der Waals surface area contributed by atoms with Gasteiger partial charge < -0.3 is 20.5 Å². The number of aromatic amines is 2. The molecule has 2 aliphatic carbocycles. The van der Waals surface area contributed by atoms with Gasteiger partial charge >= 0.3 is 0 Å². The van der Waals surface area contributed by atoms with Crippen molar-refractivity contribution < 1.29 is 14.7 Å². The summed E-state index contributed by atoms with van der Waals surface area (Å²) in [5.74, 6) is 4.78. The molecule has 268 valence electrons. The fraction of sp³-hybridized carbons (Fsp3) is 0.333. The number of nitrogen functional groups attached to an aromatic ring is 1. The number of hydrogen-bond donors (Lipinski definition) is 5. The number of carboxylic acid groups (broad SMARTS) is 1. The number of fused-ring (bicyclic) bond motifs is 6. The normalized spacial score (nSPS) is 12.9. The summed E-state index contributed by atoms with van der Waals surface area (Å²) in [5, 5.41) is 11.5. The Kier molecular flexibility index (Phi) is 17.3. The number of carbonyl (C=O) groups is 2. The molecule has 0 radical (unpaired) electrons. The Hall–Kier alpha value is -4.59. The number of carbonyl (C=O) groups excluding carboxylic acids is 1. The van der Waals surface area contributed by atoms with E-state index in [2.05, 4.69) is 89.9 Å². The van der Waals surface area contributed by atoms with E-state index in [1.165, 1.54) is 87.2 Å². The van der Waals surface area contributed by atoms with Crippen LogP contribution in [0.25, 0.3) is 32.7 Å². The van der Waals surface area contributed by atoms with Gasteiger partial charge in [-0.15, -0.1) is 12.4 Å². The molecular weight excluding hydrogens is 644 g/mol. The Morgan fingerprint density at radius 3 is 1.74 bits per heavy atom. The summed E-state index contributed by atoms with van der Waals surface area (Å²) in [6, 6.07) is 29.5. The number of halogens is 1. The zero-order valence-corrected chi connectivity index (χ0v) is 30.0. The summed E-state index contributed by atoms with van der Waals surface area (Å²) < 4.78 is 0. The van der Waals surface area contributed by atoms with Crippen molar-refractivity contribution in [2.75, 3.05) is 5.43 Å². The monoisotopic (exact) mass is 698 g/mol. The van der Waals surface area contributed by atoms with Gasteiger partial charge in [-0.2, -0.15) is 0 Å². The summed E-state index contributed by atoms with van der Waals surface area (Å²) in [7, 11) is 0. The molecule has 7 nitrogen and oxygen atoms in total. The molecule has 0 saturated heterocycles. The molecule has 2 aromatic heterocycles. The van der Waals surface area contributed by atoms with Crippen LogP contribution in [0.5, 0.6) is 0 Å². The van der Waals surface area contributed by atoms with Gasteiger partial charge in [-0.25, -0.2) is 0 Å². The van der Waals surface area contributed by atoms with Crippen LogP contribution in [0.2, 0.25) is 0 Å². The molecule has 50 heavy (non-hydrogen) atoms. The van der Waals surface area contributed by atoms with E-state index in [-0.39, 0.29) is 19.8 Å². The Morgan fingerprint density at radius 2 is 1.16 bits per heavy atom. The molecule has 1 saturated carbocycles. The Balaban J connectivity index is 0.000000227. The lowest BCUT2D eigenvalue weighted by Gasteiger charge is -2.10. The molecule has 0 amide bonds. The first-order valence-corrected chi connectivity index (χ1v) is 17.0. The van der Waals surface area contributed by atoms with Gasteiger partial charge in [0.2, 0.25) is 0 Å². The number of H-pyrrole nitrogens is 2. The van der Waals surface area contributed by atoms with Crippen LogP contribution < -0.4 is 11.3 Å². The van der Waals surface area contributed by atoms with Crippen molar-refractivity contribution in [1.82, 2.24) is 9.97 Å². The average molecular weight is 699 g/mol. The number of benzene rings is 4. The summed E-state index contributed by atoms with van der Waals surface area (Å²) in [6.45, 7) is 7.42. The van der Waals surface area contributed by atoms with Crippen LogP contribution in [0.4, 0.5) is 5.69 Å². The lowest BCUT2D eigenvalue weighted by Crippen LogP contribution is -2.05. The molecule has 0 bridgehead atoms. The minimum absolute atomic E-state index is 0. The van der Waals surface area contributed by atoms with Crippen LogP contribution in [-0.2, 0) is 22.4 Å². The van der Waals surface area contributed by atoms with Crippen LogP contribution in [0.1, 0.15) is 87.2 Å². The third kappa shape index (κ3) is 12.4. The van der Waals surface area contributed by atoms with E-state index in [0.29, 0.717) is 5.78 Å². The number of para-hydroxylation sites is 1. The van der Waals surface area contributed by atoms with E-state index >= 15 is 0 Å². The van der Waals surface area contributed by atoms with Gasteiger partial charge in [-0.3, -0.25) is 15.4 Å². The van der Waals surface area contributed by atoms with Crippen molar-refractivity contribution in [1.29, 1.82) is 0 Å². The Morgan fingerprint density at radius 1 is 0.660 bits per heavy atom. The van der Waals surface area contributed by atoms with Crippen LogP contribution in [0.15, 0.2) is 84.9 Å². The van der Waals surface area contributed by atoms with Crippen LogP contribution >= 0.6 is 12.4 Å². The van der Waals surface area contributed by atoms with Gasteiger partial charge in [-0.1, -0.05) is 73.0 Å². The van der Waals surface area contributed by atoms with Gasteiger partial charge in [0, 0.05) is 63.9 Å². The SMILES string of the molecule is C.CC(=O)O.Cc1ccc(NN)cc1.Cc1ccc2[nH]c3c(c2c1)CCCC3.Cc1ccc2[nH]c3ccccc3c2c1.Cl.O=C1CCCCC1. The first kappa shape index (κ1) is 41.6. The van der Waals surface area contributed by atoms with E-state index in [0.717, 1.165) is 38.3 Å².